The molecule has 1 rings (SSSR count). The SMILES string of the molecule is CC(C)NC(=O)N1CCOC(CO)C1. The molecule has 0 radical (unpaired) electrons. The van der Waals surface area contributed by atoms with Crippen LogP contribution in [0.3, 0.4) is 0 Å². The molecule has 1 saturated heterocycles. The van der Waals surface area contributed by atoms with Crippen LogP contribution in [0.25, 0.3) is 0 Å². The van der Waals surface area contributed by atoms with E-state index >= 15 is 0 Å². The van der Waals surface area contributed by atoms with E-state index in [4.69, 9.17) is 9.84 Å². The van der Waals surface area contributed by atoms with Crippen molar-refractivity contribution in [2.24, 2.45) is 0 Å². The number of urea groups is 1. The average Bonchev–Trinajstić information content (AvgIpc) is 2.17. The normalized spacial score (nSPS) is 22.6. The van der Waals surface area contributed by atoms with Crippen LogP contribution in [0.1, 0.15) is 13.8 Å². The molecule has 1 heterocycles. The van der Waals surface area contributed by atoms with Gasteiger partial charge in [0.1, 0.15) is 0 Å². The summed E-state index contributed by atoms with van der Waals surface area (Å²) < 4.78 is 5.24. The van der Waals surface area contributed by atoms with Gasteiger partial charge in [-0.05, 0) is 13.8 Å². The number of morpholine rings is 1. The number of aliphatic hydroxyl groups excluding tert-OH is 1. The first kappa shape index (κ1) is 11.3. The number of amides is 2. The van der Waals surface area contributed by atoms with Gasteiger partial charge in [-0.3, -0.25) is 0 Å². The highest BCUT2D eigenvalue weighted by atomic mass is 16.5. The molecule has 0 aromatic carbocycles. The lowest BCUT2D eigenvalue weighted by Gasteiger charge is -2.32. The van der Waals surface area contributed by atoms with E-state index in [0.717, 1.165) is 0 Å². The van der Waals surface area contributed by atoms with Crippen LogP contribution in [0.15, 0.2) is 0 Å². The van der Waals surface area contributed by atoms with Gasteiger partial charge in [-0.2, -0.15) is 0 Å². The van der Waals surface area contributed by atoms with Crippen LogP contribution < -0.4 is 5.32 Å². The fourth-order valence-electron chi connectivity index (χ4n) is 1.35. The van der Waals surface area contributed by atoms with Crippen LogP contribution in [-0.4, -0.2) is 54.5 Å². The van der Waals surface area contributed by atoms with Crippen molar-refractivity contribution in [1.82, 2.24) is 10.2 Å². The van der Waals surface area contributed by atoms with Crippen molar-refractivity contribution in [2.45, 2.75) is 26.0 Å². The van der Waals surface area contributed by atoms with Crippen molar-refractivity contribution in [3.05, 3.63) is 0 Å². The van der Waals surface area contributed by atoms with Gasteiger partial charge in [-0.25, -0.2) is 4.79 Å². The minimum atomic E-state index is -0.235. The predicted octanol–water partition coefficient (Wildman–Crippen LogP) is -0.203. The van der Waals surface area contributed by atoms with Crippen molar-refractivity contribution in [2.75, 3.05) is 26.3 Å². The summed E-state index contributed by atoms with van der Waals surface area (Å²) in [6, 6.07) is 0.0553. The molecule has 1 aliphatic rings. The second kappa shape index (κ2) is 5.17. The lowest BCUT2D eigenvalue weighted by Crippen LogP contribution is -2.51. The second-order valence-corrected chi connectivity index (χ2v) is 3.73. The highest BCUT2D eigenvalue weighted by molar-refractivity contribution is 5.74. The van der Waals surface area contributed by atoms with Crippen LogP contribution >= 0.6 is 0 Å². The smallest absolute Gasteiger partial charge is 0.317 e. The summed E-state index contributed by atoms with van der Waals surface area (Å²) in [6.07, 6.45) is -0.235. The summed E-state index contributed by atoms with van der Waals surface area (Å²) in [7, 11) is 0. The number of ether oxygens (including phenoxy) is 1. The summed E-state index contributed by atoms with van der Waals surface area (Å²) in [5.41, 5.74) is 0. The number of hydrogen-bond donors (Lipinski definition) is 2. The summed E-state index contributed by atoms with van der Waals surface area (Å²) in [5, 5.41) is 11.7. The number of nitrogens with one attached hydrogen (secondary N) is 1. The minimum absolute atomic E-state index is 0.0363. The lowest BCUT2D eigenvalue weighted by atomic mass is 10.3. The Bertz CT molecular complexity index is 196. The lowest BCUT2D eigenvalue weighted by molar-refractivity contribution is -0.0404. The molecular weight excluding hydrogens is 184 g/mol. The van der Waals surface area contributed by atoms with Crippen LogP contribution in [0, 0.1) is 0 Å². The van der Waals surface area contributed by atoms with E-state index < -0.39 is 0 Å². The minimum Gasteiger partial charge on any atom is -0.394 e. The molecule has 1 atom stereocenters. The Hall–Kier alpha value is -0.810. The number of hydrogen-bond acceptors (Lipinski definition) is 3. The summed E-state index contributed by atoms with van der Waals surface area (Å²) in [6.45, 7) is 5.36. The Morgan fingerprint density at radius 3 is 3.00 bits per heavy atom. The topological polar surface area (TPSA) is 61.8 Å². The quantitative estimate of drug-likeness (QED) is 0.651. The van der Waals surface area contributed by atoms with E-state index in [0.29, 0.717) is 19.7 Å². The van der Waals surface area contributed by atoms with Gasteiger partial charge in [0, 0.05) is 12.6 Å². The largest absolute Gasteiger partial charge is 0.394 e. The molecule has 5 nitrogen and oxygen atoms in total. The van der Waals surface area contributed by atoms with E-state index in [9.17, 15) is 4.79 Å². The monoisotopic (exact) mass is 202 g/mol. The van der Waals surface area contributed by atoms with Gasteiger partial charge in [0.15, 0.2) is 0 Å². The Kier molecular flexibility index (Phi) is 4.16. The van der Waals surface area contributed by atoms with E-state index in [2.05, 4.69) is 5.32 Å². The van der Waals surface area contributed by atoms with Gasteiger partial charge < -0.3 is 20.1 Å². The van der Waals surface area contributed by atoms with Crippen molar-refractivity contribution in [3.8, 4) is 0 Å². The Labute approximate surface area is 84.0 Å². The van der Waals surface area contributed by atoms with Crippen LogP contribution in [-0.2, 0) is 4.74 Å². The fraction of sp³-hybridized carbons (Fsp3) is 0.889. The summed E-state index contributed by atoms with van der Waals surface area (Å²) >= 11 is 0. The van der Waals surface area contributed by atoms with Gasteiger partial charge >= 0.3 is 6.03 Å². The number of nitrogens with zero attached hydrogens (tertiary/aromatic N) is 1. The molecule has 1 aliphatic heterocycles. The Balaban J connectivity index is 2.39. The number of aliphatic hydroxyl groups is 1. The maximum absolute atomic E-state index is 11.5. The first-order chi connectivity index (χ1) is 6.63. The molecule has 0 bridgehead atoms. The van der Waals surface area contributed by atoms with Crippen molar-refractivity contribution < 1.29 is 14.6 Å². The maximum Gasteiger partial charge on any atom is 0.317 e. The maximum atomic E-state index is 11.5. The predicted molar refractivity (Wildman–Crippen MR) is 52.1 cm³/mol. The molecule has 0 saturated carbocycles. The second-order valence-electron chi connectivity index (χ2n) is 3.73. The first-order valence-electron chi connectivity index (χ1n) is 4.91. The van der Waals surface area contributed by atoms with Crippen molar-refractivity contribution >= 4 is 6.03 Å². The number of carbonyl (C=O) groups excluding carboxylic acids is 1. The molecule has 82 valence electrons. The molecule has 14 heavy (non-hydrogen) atoms. The third kappa shape index (κ3) is 3.16. The molecule has 1 fully saturated rings. The number of carbonyl (C=O) groups is 1. The molecule has 2 N–H and O–H groups in total. The molecule has 0 aromatic rings. The van der Waals surface area contributed by atoms with E-state index in [1.807, 2.05) is 13.8 Å². The van der Waals surface area contributed by atoms with Gasteiger partial charge in [0.2, 0.25) is 0 Å². The fourth-order valence-corrected chi connectivity index (χ4v) is 1.35. The van der Waals surface area contributed by atoms with E-state index in [1.165, 1.54) is 0 Å². The van der Waals surface area contributed by atoms with Crippen LogP contribution in [0.2, 0.25) is 0 Å². The summed E-state index contributed by atoms with van der Waals surface area (Å²) in [4.78, 5) is 13.2. The third-order valence-corrected chi connectivity index (χ3v) is 2.04. The summed E-state index contributed by atoms with van der Waals surface area (Å²) in [5.74, 6) is 0. The molecular formula is C9H18N2O3. The molecule has 2 amide bonds. The Morgan fingerprint density at radius 1 is 1.71 bits per heavy atom. The zero-order chi connectivity index (χ0) is 10.6. The first-order valence-corrected chi connectivity index (χ1v) is 4.91. The van der Waals surface area contributed by atoms with E-state index in [1.54, 1.807) is 4.90 Å². The number of rotatable bonds is 2. The third-order valence-electron chi connectivity index (χ3n) is 2.04. The standard InChI is InChI=1S/C9H18N2O3/c1-7(2)10-9(13)11-3-4-14-8(5-11)6-12/h7-8,12H,3-6H2,1-2H3,(H,10,13). The van der Waals surface area contributed by atoms with Crippen molar-refractivity contribution in [1.29, 1.82) is 0 Å². The van der Waals surface area contributed by atoms with Crippen molar-refractivity contribution in [3.63, 3.8) is 0 Å². The van der Waals surface area contributed by atoms with E-state index in [-0.39, 0.29) is 24.8 Å². The molecule has 0 aromatic heterocycles. The van der Waals surface area contributed by atoms with Gasteiger partial charge in [-0.15, -0.1) is 0 Å². The van der Waals surface area contributed by atoms with Crippen LogP contribution in [0.4, 0.5) is 4.79 Å². The molecule has 0 aliphatic carbocycles. The highest BCUT2D eigenvalue weighted by Crippen LogP contribution is 2.04. The average molecular weight is 202 g/mol. The Morgan fingerprint density at radius 2 is 2.43 bits per heavy atom. The molecule has 1 unspecified atom stereocenters. The zero-order valence-corrected chi connectivity index (χ0v) is 8.69. The van der Waals surface area contributed by atoms with Gasteiger partial charge in [-0.1, -0.05) is 0 Å². The van der Waals surface area contributed by atoms with Gasteiger partial charge in [0.05, 0.1) is 25.9 Å². The molecule has 0 spiro atoms. The molecule has 5 heteroatoms. The zero-order valence-electron chi connectivity index (χ0n) is 8.69. The van der Waals surface area contributed by atoms with Gasteiger partial charge in [0.25, 0.3) is 0 Å². The van der Waals surface area contributed by atoms with Crippen LogP contribution in [0.5, 0.6) is 0 Å². The highest BCUT2D eigenvalue weighted by Gasteiger charge is 2.23.